The Morgan fingerprint density at radius 2 is 1.83 bits per heavy atom. The van der Waals surface area contributed by atoms with Gasteiger partial charge in [0.25, 0.3) is 0 Å². The first-order valence-electron chi connectivity index (χ1n) is 7.96. The van der Waals surface area contributed by atoms with E-state index in [1.165, 1.54) is 4.90 Å². The Morgan fingerprint density at radius 1 is 1.21 bits per heavy atom. The lowest BCUT2D eigenvalue weighted by molar-refractivity contribution is 0.225. The lowest BCUT2D eigenvalue weighted by Crippen LogP contribution is -2.37. The first-order chi connectivity index (χ1) is 11.5. The largest absolute Gasteiger partial charge is 0.327 e. The number of aryl methyl sites for hydroxylation is 2. The molecule has 0 saturated carbocycles. The van der Waals surface area contributed by atoms with Gasteiger partial charge in [0.1, 0.15) is 11.7 Å². The number of anilines is 1. The van der Waals surface area contributed by atoms with Gasteiger partial charge in [-0.1, -0.05) is 30.3 Å². The summed E-state index contributed by atoms with van der Waals surface area (Å²) in [6.07, 6.45) is 1.30. The second-order valence-electron chi connectivity index (χ2n) is 6.14. The molecule has 0 aliphatic carbocycles. The molecule has 124 valence electrons. The third kappa shape index (κ3) is 3.02. The van der Waals surface area contributed by atoms with Crippen molar-refractivity contribution in [2.45, 2.75) is 32.7 Å². The van der Waals surface area contributed by atoms with Crippen molar-refractivity contribution in [2.24, 2.45) is 0 Å². The second kappa shape index (κ2) is 6.43. The number of urea groups is 1. The number of nitrogens with zero attached hydrogens (tertiary/aromatic N) is 1. The molecule has 0 spiro atoms. The average molecular weight is 325 g/mol. The minimum atomic E-state index is -0.350. The molecule has 2 N–H and O–H groups in total. The summed E-state index contributed by atoms with van der Waals surface area (Å²) in [5.41, 5.74) is 2.53. The zero-order chi connectivity index (χ0) is 17.3. The van der Waals surface area contributed by atoms with Crippen molar-refractivity contribution < 1.29 is 9.18 Å². The second-order valence-corrected chi connectivity index (χ2v) is 6.14. The fraction of sp³-hybridized carbons (Fsp3) is 0.263. The van der Waals surface area contributed by atoms with Crippen molar-refractivity contribution in [2.75, 3.05) is 5.32 Å². The van der Waals surface area contributed by atoms with Crippen LogP contribution in [0.15, 0.2) is 42.5 Å². The van der Waals surface area contributed by atoms with Crippen LogP contribution in [-0.2, 0) is 0 Å². The van der Waals surface area contributed by atoms with Crippen molar-refractivity contribution in [3.8, 4) is 0 Å². The highest BCUT2D eigenvalue weighted by atomic mass is 19.1. The lowest BCUT2D eigenvalue weighted by atomic mass is 10.1. The summed E-state index contributed by atoms with van der Waals surface area (Å²) in [6.45, 7) is 3.34. The minimum Gasteiger partial charge on any atom is -0.307 e. The number of amidine groups is 1. The molecule has 0 aromatic heterocycles. The fourth-order valence-electron chi connectivity index (χ4n) is 3.17. The van der Waals surface area contributed by atoms with Gasteiger partial charge in [-0.2, -0.15) is 0 Å². The van der Waals surface area contributed by atoms with E-state index in [0.29, 0.717) is 29.1 Å². The number of hydrogen-bond acceptors (Lipinski definition) is 2. The Morgan fingerprint density at radius 3 is 2.46 bits per heavy atom. The van der Waals surface area contributed by atoms with Crippen molar-refractivity contribution in [3.63, 3.8) is 0 Å². The van der Waals surface area contributed by atoms with Crippen LogP contribution in [0.3, 0.4) is 0 Å². The van der Waals surface area contributed by atoms with Gasteiger partial charge < -0.3 is 5.32 Å². The smallest absolute Gasteiger partial charge is 0.307 e. The summed E-state index contributed by atoms with van der Waals surface area (Å²) < 4.78 is 13.7. The number of likely N-dealkylation sites (tertiary alicyclic amines) is 1. The third-order valence-corrected chi connectivity index (χ3v) is 4.35. The molecule has 0 bridgehead atoms. The van der Waals surface area contributed by atoms with Crippen molar-refractivity contribution in [1.82, 2.24) is 4.90 Å². The van der Waals surface area contributed by atoms with E-state index in [-0.39, 0.29) is 17.9 Å². The van der Waals surface area contributed by atoms with Crippen LogP contribution in [0.5, 0.6) is 0 Å². The Kier molecular flexibility index (Phi) is 4.34. The van der Waals surface area contributed by atoms with Crippen LogP contribution < -0.4 is 5.32 Å². The summed E-state index contributed by atoms with van der Waals surface area (Å²) in [5.74, 6) is 0.0426. The molecular formula is C19H20FN3O. The molecule has 1 aliphatic rings. The van der Waals surface area contributed by atoms with Crippen molar-refractivity contribution >= 4 is 17.6 Å². The number of nitrogens with one attached hydrogen (secondary N) is 2. The van der Waals surface area contributed by atoms with Crippen LogP contribution in [0, 0.1) is 25.1 Å². The maximum Gasteiger partial charge on any atom is 0.327 e. The van der Waals surface area contributed by atoms with Crippen molar-refractivity contribution in [3.05, 3.63) is 65.0 Å². The van der Waals surface area contributed by atoms with Crippen LogP contribution in [0.2, 0.25) is 0 Å². The SMILES string of the molecule is Cc1cc(NC(=O)N2C(=N)CCC2c2ccccc2)cc(C)c1F. The molecule has 1 heterocycles. The highest BCUT2D eigenvalue weighted by molar-refractivity contribution is 6.03. The maximum atomic E-state index is 13.7. The van der Waals surface area contributed by atoms with E-state index in [1.54, 1.807) is 26.0 Å². The topological polar surface area (TPSA) is 56.2 Å². The van der Waals surface area contributed by atoms with E-state index in [4.69, 9.17) is 5.41 Å². The molecule has 1 atom stereocenters. The van der Waals surface area contributed by atoms with E-state index >= 15 is 0 Å². The zero-order valence-corrected chi connectivity index (χ0v) is 13.8. The van der Waals surface area contributed by atoms with Gasteiger partial charge in [-0.25, -0.2) is 9.18 Å². The number of halogens is 1. The zero-order valence-electron chi connectivity index (χ0n) is 13.8. The number of carbonyl (C=O) groups excluding carboxylic acids is 1. The molecule has 4 nitrogen and oxygen atoms in total. The highest BCUT2D eigenvalue weighted by Crippen LogP contribution is 2.33. The third-order valence-electron chi connectivity index (χ3n) is 4.35. The minimum absolute atomic E-state index is 0.138. The van der Waals surface area contributed by atoms with Gasteiger partial charge in [0.2, 0.25) is 0 Å². The highest BCUT2D eigenvalue weighted by Gasteiger charge is 2.34. The molecule has 2 aromatic carbocycles. The molecule has 2 aromatic rings. The van der Waals surface area contributed by atoms with Crippen LogP contribution in [0.4, 0.5) is 14.9 Å². The first-order valence-corrected chi connectivity index (χ1v) is 7.96. The molecule has 1 unspecified atom stereocenters. The first kappa shape index (κ1) is 16.2. The predicted octanol–water partition coefficient (Wildman–Crippen LogP) is 4.79. The van der Waals surface area contributed by atoms with Crippen LogP contribution in [-0.4, -0.2) is 16.8 Å². The van der Waals surface area contributed by atoms with E-state index in [9.17, 15) is 9.18 Å². The van der Waals surface area contributed by atoms with Gasteiger partial charge in [0.15, 0.2) is 0 Å². The standard InChI is InChI=1S/C19H20FN3O/c1-12-10-15(11-13(2)18(12)20)22-19(24)23-16(8-9-17(23)21)14-6-4-3-5-7-14/h3-7,10-11,16,21H,8-9H2,1-2H3,(H,22,24). The molecule has 2 amide bonds. The lowest BCUT2D eigenvalue weighted by Gasteiger charge is -2.25. The number of carbonyl (C=O) groups is 1. The molecule has 0 radical (unpaired) electrons. The van der Waals surface area contributed by atoms with Gasteiger partial charge >= 0.3 is 6.03 Å². The molecular weight excluding hydrogens is 305 g/mol. The van der Waals surface area contributed by atoms with E-state index in [0.717, 1.165) is 12.0 Å². The number of benzene rings is 2. The number of rotatable bonds is 2. The van der Waals surface area contributed by atoms with Crippen LogP contribution in [0.1, 0.15) is 35.6 Å². The summed E-state index contributed by atoms with van der Waals surface area (Å²) in [7, 11) is 0. The monoisotopic (exact) mass is 325 g/mol. The number of amides is 2. The van der Waals surface area contributed by atoms with E-state index in [2.05, 4.69) is 5.32 Å². The summed E-state index contributed by atoms with van der Waals surface area (Å²) in [6, 6.07) is 12.5. The summed E-state index contributed by atoms with van der Waals surface area (Å²) in [4.78, 5) is 14.2. The molecule has 5 heteroatoms. The van der Waals surface area contributed by atoms with E-state index < -0.39 is 0 Å². The maximum absolute atomic E-state index is 13.7. The molecule has 1 saturated heterocycles. The van der Waals surface area contributed by atoms with Gasteiger partial charge in [-0.05, 0) is 49.1 Å². The Balaban J connectivity index is 1.84. The molecule has 1 fully saturated rings. The van der Waals surface area contributed by atoms with Gasteiger partial charge in [-0.3, -0.25) is 10.3 Å². The van der Waals surface area contributed by atoms with E-state index in [1.807, 2.05) is 30.3 Å². The number of hydrogen-bond donors (Lipinski definition) is 2. The fourth-order valence-corrected chi connectivity index (χ4v) is 3.17. The average Bonchev–Trinajstić information content (AvgIpc) is 2.95. The Labute approximate surface area is 140 Å². The van der Waals surface area contributed by atoms with Crippen molar-refractivity contribution in [1.29, 1.82) is 5.41 Å². The Bertz CT molecular complexity index is 765. The molecule has 24 heavy (non-hydrogen) atoms. The van der Waals surface area contributed by atoms with Gasteiger partial charge in [-0.15, -0.1) is 0 Å². The quantitative estimate of drug-likeness (QED) is 0.819. The summed E-state index contributed by atoms with van der Waals surface area (Å²) >= 11 is 0. The predicted molar refractivity (Wildman–Crippen MR) is 92.9 cm³/mol. The van der Waals surface area contributed by atoms with Crippen LogP contribution >= 0.6 is 0 Å². The van der Waals surface area contributed by atoms with Gasteiger partial charge in [0, 0.05) is 12.1 Å². The summed E-state index contributed by atoms with van der Waals surface area (Å²) in [5, 5.41) is 10.9. The molecule has 1 aliphatic heterocycles. The molecule has 3 rings (SSSR count). The van der Waals surface area contributed by atoms with Gasteiger partial charge in [0.05, 0.1) is 6.04 Å². The van der Waals surface area contributed by atoms with Crippen LogP contribution in [0.25, 0.3) is 0 Å². The Hall–Kier alpha value is -2.69. The normalized spacial score (nSPS) is 17.2.